The minimum Gasteiger partial charge on any atom is -0.326 e. The third-order valence-electron chi connectivity index (χ3n) is 3.66. The van der Waals surface area contributed by atoms with Gasteiger partial charge in [0.05, 0.1) is 4.90 Å². The van der Waals surface area contributed by atoms with Crippen molar-refractivity contribution >= 4 is 27.4 Å². The zero-order valence-electron chi connectivity index (χ0n) is 12.7. The summed E-state index contributed by atoms with van der Waals surface area (Å²) in [4.78, 5) is 15.8. The van der Waals surface area contributed by atoms with Crippen LogP contribution in [0.15, 0.2) is 41.4 Å². The summed E-state index contributed by atoms with van der Waals surface area (Å²) < 4.78 is 27.4. The van der Waals surface area contributed by atoms with Crippen molar-refractivity contribution in [3.05, 3.63) is 47.7 Å². The number of pyridine rings is 1. The molecule has 1 aromatic heterocycles. The fourth-order valence-electron chi connectivity index (χ4n) is 2.44. The topological polar surface area (TPSA) is 88.2 Å². The zero-order valence-corrected chi connectivity index (χ0v) is 13.5. The van der Waals surface area contributed by atoms with Crippen molar-refractivity contribution in [3.63, 3.8) is 0 Å². The Morgan fingerprint density at radius 1 is 1.17 bits per heavy atom. The monoisotopic (exact) mass is 331 g/mol. The number of sulfonamides is 1. The average molecular weight is 331 g/mol. The van der Waals surface area contributed by atoms with Crippen molar-refractivity contribution in [2.45, 2.75) is 31.1 Å². The number of hydrogen-bond acceptors (Lipinski definition) is 4. The number of benzene rings is 1. The Morgan fingerprint density at radius 3 is 2.74 bits per heavy atom. The molecular weight excluding hydrogens is 314 g/mol. The van der Waals surface area contributed by atoms with E-state index in [1.807, 2.05) is 6.92 Å². The Morgan fingerprint density at radius 2 is 2.00 bits per heavy atom. The first-order valence-corrected chi connectivity index (χ1v) is 8.81. The van der Waals surface area contributed by atoms with Gasteiger partial charge in [-0.2, -0.15) is 0 Å². The van der Waals surface area contributed by atoms with Crippen molar-refractivity contribution in [2.24, 2.45) is 0 Å². The maximum atomic E-state index is 12.5. The van der Waals surface area contributed by atoms with Crippen LogP contribution in [0.3, 0.4) is 0 Å². The SMILES string of the molecule is Cc1ccc(NS(=O)(=O)c2ccc3c(c2)CCCC(=O)N3)nc1. The molecule has 0 fully saturated rings. The highest BCUT2D eigenvalue weighted by atomic mass is 32.2. The van der Waals surface area contributed by atoms with E-state index < -0.39 is 10.0 Å². The van der Waals surface area contributed by atoms with Gasteiger partial charge < -0.3 is 5.32 Å². The number of anilines is 2. The van der Waals surface area contributed by atoms with Gasteiger partial charge in [-0.15, -0.1) is 0 Å². The van der Waals surface area contributed by atoms with Gasteiger partial charge in [-0.05, 0) is 55.2 Å². The Bertz CT molecular complexity index is 845. The van der Waals surface area contributed by atoms with Crippen molar-refractivity contribution in [2.75, 3.05) is 10.0 Å². The lowest BCUT2D eigenvalue weighted by molar-refractivity contribution is -0.116. The van der Waals surface area contributed by atoms with E-state index in [-0.39, 0.29) is 16.6 Å². The number of carbonyl (C=O) groups excluding carboxylic acids is 1. The molecule has 1 amide bonds. The summed E-state index contributed by atoms with van der Waals surface area (Å²) in [6.45, 7) is 1.88. The number of fused-ring (bicyclic) bond motifs is 1. The molecule has 23 heavy (non-hydrogen) atoms. The fraction of sp³-hybridized carbons (Fsp3) is 0.250. The first-order chi connectivity index (χ1) is 10.9. The van der Waals surface area contributed by atoms with Crippen LogP contribution in [0.2, 0.25) is 0 Å². The van der Waals surface area contributed by atoms with E-state index in [4.69, 9.17) is 0 Å². The van der Waals surface area contributed by atoms with Gasteiger partial charge in [-0.3, -0.25) is 9.52 Å². The van der Waals surface area contributed by atoms with Crippen LogP contribution < -0.4 is 10.0 Å². The Labute approximate surface area is 135 Å². The van der Waals surface area contributed by atoms with Crippen molar-refractivity contribution in [1.82, 2.24) is 4.98 Å². The molecule has 0 aliphatic carbocycles. The Hall–Kier alpha value is -2.41. The van der Waals surface area contributed by atoms with Crippen LogP contribution in [-0.4, -0.2) is 19.3 Å². The number of nitrogens with zero attached hydrogens (tertiary/aromatic N) is 1. The van der Waals surface area contributed by atoms with E-state index >= 15 is 0 Å². The number of aryl methyl sites for hydroxylation is 2. The number of hydrogen-bond donors (Lipinski definition) is 2. The standard InChI is InChI=1S/C16H17N3O3S/c1-11-5-8-15(17-10-11)19-23(21,22)13-6-7-14-12(9-13)3-2-4-16(20)18-14/h5-10H,2-4H2,1H3,(H,17,19)(H,18,20). The van der Waals surface area contributed by atoms with Crippen molar-refractivity contribution < 1.29 is 13.2 Å². The predicted molar refractivity (Wildman–Crippen MR) is 87.8 cm³/mol. The van der Waals surface area contributed by atoms with Gasteiger partial charge in [-0.25, -0.2) is 13.4 Å². The number of amides is 1. The zero-order chi connectivity index (χ0) is 16.4. The van der Waals surface area contributed by atoms with E-state index in [0.29, 0.717) is 24.9 Å². The third-order valence-corrected chi connectivity index (χ3v) is 5.01. The second-order valence-corrected chi connectivity index (χ2v) is 7.23. The van der Waals surface area contributed by atoms with Gasteiger partial charge in [0.1, 0.15) is 5.82 Å². The molecule has 3 rings (SSSR count). The first-order valence-electron chi connectivity index (χ1n) is 7.32. The maximum Gasteiger partial charge on any atom is 0.263 e. The molecule has 0 unspecified atom stereocenters. The first kappa shape index (κ1) is 15.5. The molecule has 2 heterocycles. The van der Waals surface area contributed by atoms with Crippen LogP contribution in [0.5, 0.6) is 0 Å². The lowest BCUT2D eigenvalue weighted by atomic mass is 10.1. The molecule has 1 aliphatic rings. The highest BCUT2D eigenvalue weighted by molar-refractivity contribution is 7.92. The lowest BCUT2D eigenvalue weighted by Gasteiger charge is -2.11. The van der Waals surface area contributed by atoms with Gasteiger partial charge in [0.15, 0.2) is 0 Å². The highest BCUT2D eigenvalue weighted by Gasteiger charge is 2.19. The van der Waals surface area contributed by atoms with E-state index in [1.54, 1.807) is 30.5 Å². The van der Waals surface area contributed by atoms with Crippen LogP contribution in [0, 0.1) is 6.92 Å². The molecule has 0 saturated heterocycles. The lowest BCUT2D eigenvalue weighted by Crippen LogP contribution is -2.15. The molecule has 1 aliphatic heterocycles. The molecule has 1 aromatic carbocycles. The molecule has 120 valence electrons. The van der Waals surface area contributed by atoms with Crippen LogP contribution in [0.25, 0.3) is 0 Å². The summed E-state index contributed by atoms with van der Waals surface area (Å²) in [5.41, 5.74) is 2.46. The number of nitrogens with one attached hydrogen (secondary N) is 2. The molecular formula is C16H17N3O3S. The second-order valence-electron chi connectivity index (χ2n) is 5.55. The molecule has 0 saturated carbocycles. The number of rotatable bonds is 3. The molecule has 0 atom stereocenters. The molecule has 7 heteroatoms. The van der Waals surface area contributed by atoms with Gasteiger partial charge in [0, 0.05) is 18.3 Å². The minimum atomic E-state index is -3.71. The van der Waals surface area contributed by atoms with E-state index in [0.717, 1.165) is 11.1 Å². The van der Waals surface area contributed by atoms with Crippen LogP contribution in [0.1, 0.15) is 24.0 Å². The largest absolute Gasteiger partial charge is 0.326 e. The molecule has 0 radical (unpaired) electrons. The highest BCUT2D eigenvalue weighted by Crippen LogP contribution is 2.26. The van der Waals surface area contributed by atoms with E-state index in [1.165, 1.54) is 6.07 Å². The average Bonchev–Trinajstić information content (AvgIpc) is 2.69. The summed E-state index contributed by atoms with van der Waals surface area (Å²) in [5.74, 6) is 0.236. The van der Waals surface area contributed by atoms with Crippen LogP contribution in [0.4, 0.5) is 11.5 Å². The minimum absolute atomic E-state index is 0.0404. The quantitative estimate of drug-likeness (QED) is 0.904. The number of aromatic nitrogens is 1. The number of carbonyl (C=O) groups is 1. The normalized spacial score (nSPS) is 14.6. The summed E-state index contributed by atoms with van der Waals surface area (Å²) in [5, 5.41) is 2.79. The summed E-state index contributed by atoms with van der Waals surface area (Å²) >= 11 is 0. The fourth-order valence-corrected chi connectivity index (χ4v) is 3.50. The summed E-state index contributed by atoms with van der Waals surface area (Å²) in [7, 11) is -3.71. The van der Waals surface area contributed by atoms with Crippen LogP contribution >= 0.6 is 0 Å². The molecule has 2 aromatic rings. The predicted octanol–water partition coefficient (Wildman–Crippen LogP) is 2.47. The molecule has 2 N–H and O–H groups in total. The van der Waals surface area contributed by atoms with Gasteiger partial charge in [0.25, 0.3) is 10.0 Å². The van der Waals surface area contributed by atoms with Crippen LogP contribution in [-0.2, 0) is 21.2 Å². The maximum absolute atomic E-state index is 12.5. The Kier molecular flexibility index (Phi) is 4.04. The molecule has 0 spiro atoms. The summed E-state index contributed by atoms with van der Waals surface area (Å²) in [6.07, 6.45) is 3.42. The van der Waals surface area contributed by atoms with Gasteiger partial charge in [-0.1, -0.05) is 6.07 Å². The smallest absolute Gasteiger partial charge is 0.263 e. The molecule has 0 bridgehead atoms. The van der Waals surface area contributed by atoms with Crippen molar-refractivity contribution in [3.8, 4) is 0 Å². The van der Waals surface area contributed by atoms with E-state index in [9.17, 15) is 13.2 Å². The molecule has 6 nitrogen and oxygen atoms in total. The third kappa shape index (κ3) is 3.50. The Balaban J connectivity index is 1.89. The summed E-state index contributed by atoms with van der Waals surface area (Å²) in [6, 6.07) is 8.14. The van der Waals surface area contributed by atoms with Gasteiger partial charge in [0.2, 0.25) is 5.91 Å². The second kappa shape index (κ2) is 6.00. The van der Waals surface area contributed by atoms with E-state index in [2.05, 4.69) is 15.0 Å². The van der Waals surface area contributed by atoms with Crippen molar-refractivity contribution in [1.29, 1.82) is 0 Å². The van der Waals surface area contributed by atoms with Gasteiger partial charge >= 0.3 is 0 Å².